The molecule has 0 aromatic carbocycles. The first-order valence-electron chi connectivity index (χ1n) is 5.95. The van der Waals surface area contributed by atoms with E-state index >= 15 is 0 Å². The normalized spacial score (nSPS) is 31.5. The third kappa shape index (κ3) is 1.49. The standard InChI is InChI=1S/C12H14N2O2S2/c13-9-12(11(15)16,10-14-5-6-17-10)7-3-1-2-4-8(7)18-9/h5-6,9H,1-4,13H2,(H,15,16). The van der Waals surface area contributed by atoms with Crippen molar-refractivity contribution in [3.05, 3.63) is 27.1 Å². The Hall–Kier alpha value is -0.850. The molecule has 2 unspecified atom stereocenters. The molecular formula is C12H14N2O2S2. The Morgan fingerprint density at radius 1 is 1.50 bits per heavy atom. The monoisotopic (exact) mass is 282 g/mol. The van der Waals surface area contributed by atoms with Gasteiger partial charge in [0.1, 0.15) is 5.01 Å². The maximum absolute atomic E-state index is 11.9. The van der Waals surface area contributed by atoms with Gasteiger partial charge in [-0.3, -0.25) is 4.79 Å². The molecule has 1 aromatic rings. The van der Waals surface area contributed by atoms with Crippen LogP contribution in [0, 0.1) is 0 Å². The van der Waals surface area contributed by atoms with Gasteiger partial charge in [-0.1, -0.05) is 0 Å². The molecule has 2 heterocycles. The zero-order chi connectivity index (χ0) is 12.8. The minimum absolute atomic E-state index is 0.454. The number of nitrogens with two attached hydrogens (primary N) is 1. The molecule has 0 saturated heterocycles. The fraction of sp³-hybridized carbons (Fsp3) is 0.500. The van der Waals surface area contributed by atoms with Crippen LogP contribution in [0.15, 0.2) is 22.1 Å². The first kappa shape index (κ1) is 12.2. The fourth-order valence-corrected chi connectivity index (χ4v) is 5.33. The molecule has 18 heavy (non-hydrogen) atoms. The van der Waals surface area contributed by atoms with Gasteiger partial charge in [-0.25, -0.2) is 4.98 Å². The van der Waals surface area contributed by atoms with E-state index in [9.17, 15) is 9.90 Å². The van der Waals surface area contributed by atoms with Crippen molar-refractivity contribution in [2.24, 2.45) is 5.73 Å². The molecule has 0 amide bonds. The largest absolute Gasteiger partial charge is 0.480 e. The topological polar surface area (TPSA) is 76.2 Å². The van der Waals surface area contributed by atoms with E-state index in [0.717, 1.165) is 31.3 Å². The molecule has 0 bridgehead atoms. The average molecular weight is 282 g/mol. The quantitative estimate of drug-likeness (QED) is 0.870. The highest BCUT2D eigenvalue weighted by Crippen LogP contribution is 2.55. The lowest BCUT2D eigenvalue weighted by Crippen LogP contribution is -2.48. The van der Waals surface area contributed by atoms with Gasteiger partial charge in [0.2, 0.25) is 0 Å². The summed E-state index contributed by atoms with van der Waals surface area (Å²) < 4.78 is 0. The van der Waals surface area contributed by atoms with Crippen LogP contribution in [0.25, 0.3) is 0 Å². The number of thiazole rings is 1. The lowest BCUT2D eigenvalue weighted by atomic mass is 9.75. The van der Waals surface area contributed by atoms with Crippen LogP contribution < -0.4 is 5.73 Å². The molecule has 1 aromatic heterocycles. The van der Waals surface area contributed by atoms with Crippen LogP contribution in [0.4, 0.5) is 0 Å². The van der Waals surface area contributed by atoms with Crippen LogP contribution in [0.2, 0.25) is 0 Å². The minimum Gasteiger partial charge on any atom is -0.480 e. The van der Waals surface area contributed by atoms with Gasteiger partial charge in [-0.2, -0.15) is 0 Å². The van der Waals surface area contributed by atoms with Gasteiger partial charge in [-0.15, -0.1) is 23.1 Å². The Morgan fingerprint density at radius 3 is 2.94 bits per heavy atom. The van der Waals surface area contributed by atoms with Crippen molar-refractivity contribution in [1.29, 1.82) is 0 Å². The van der Waals surface area contributed by atoms with Crippen molar-refractivity contribution in [2.45, 2.75) is 36.5 Å². The lowest BCUT2D eigenvalue weighted by molar-refractivity contribution is -0.142. The Morgan fingerprint density at radius 2 is 2.28 bits per heavy atom. The molecule has 4 nitrogen and oxygen atoms in total. The number of hydrogen-bond acceptors (Lipinski definition) is 5. The summed E-state index contributed by atoms with van der Waals surface area (Å²) in [5, 5.41) is 11.8. The van der Waals surface area contributed by atoms with Crippen molar-refractivity contribution < 1.29 is 9.90 Å². The molecule has 2 aliphatic rings. The Kier molecular flexibility index (Phi) is 2.96. The van der Waals surface area contributed by atoms with Crippen LogP contribution in [-0.4, -0.2) is 21.4 Å². The highest BCUT2D eigenvalue weighted by Gasteiger charge is 2.56. The summed E-state index contributed by atoms with van der Waals surface area (Å²) in [6, 6.07) is 0. The van der Waals surface area contributed by atoms with Crippen molar-refractivity contribution in [3.8, 4) is 0 Å². The summed E-state index contributed by atoms with van der Waals surface area (Å²) in [5.41, 5.74) is 6.09. The predicted molar refractivity (Wildman–Crippen MR) is 72.5 cm³/mol. The molecule has 6 heteroatoms. The Balaban J connectivity index is 2.20. The van der Waals surface area contributed by atoms with Crippen molar-refractivity contribution in [3.63, 3.8) is 0 Å². The number of aromatic nitrogens is 1. The molecule has 96 valence electrons. The molecule has 1 aliphatic heterocycles. The summed E-state index contributed by atoms with van der Waals surface area (Å²) in [6.07, 6.45) is 5.64. The van der Waals surface area contributed by atoms with Gasteiger partial charge in [0.05, 0.1) is 5.37 Å². The van der Waals surface area contributed by atoms with E-state index in [0.29, 0.717) is 5.01 Å². The summed E-state index contributed by atoms with van der Waals surface area (Å²) in [4.78, 5) is 17.4. The number of carboxylic acids is 1. The second kappa shape index (κ2) is 4.36. The molecule has 2 atom stereocenters. The minimum atomic E-state index is -1.09. The van der Waals surface area contributed by atoms with Crippen molar-refractivity contribution in [2.75, 3.05) is 0 Å². The van der Waals surface area contributed by atoms with E-state index in [4.69, 9.17) is 5.73 Å². The number of aliphatic carboxylic acids is 1. The zero-order valence-corrected chi connectivity index (χ0v) is 11.4. The predicted octanol–water partition coefficient (Wildman–Crippen LogP) is 2.33. The number of thioether (sulfide) groups is 1. The number of allylic oxidation sites excluding steroid dienone is 1. The Labute approximate surface area is 113 Å². The summed E-state index contributed by atoms with van der Waals surface area (Å²) in [6.45, 7) is 0. The van der Waals surface area contributed by atoms with E-state index in [-0.39, 0.29) is 0 Å². The fourth-order valence-electron chi connectivity index (χ4n) is 2.85. The van der Waals surface area contributed by atoms with E-state index < -0.39 is 16.8 Å². The number of carboxylic acid groups (broad SMARTS) is 1. The van der Waals surface area contributed by atoms with Gasteiger partial charge in [0.15, 0.2) is 5.41 Å². The molecule has 3 rings (SSSR count). The van der Waals surface area contributed by atoms with E-state index in [1.54, 1.807) is 6.20 Å². The maximum Gasteiger partial charge on any atom is 0.323 e. The number of hydrogen-bond donors (Lipinski definition) is 2. The van der Waals surface area contributed by atoms with Crippen LogP contribution in [0.5, 0.6) is 0 Å². The zero-order valence-electron chi connectivity index (χ0n) is 9.76. The smallest absolute Gasteiger partial charge is 0.323 e. The van der Waals surface area contributed by atoms with E-state index in [1.807, 2.05) is 5.38 Å². The maximum atomic E-state index is 11.9. The van der Waals surface area contributed by atoms with Crippen LogP contribution in [-0.2, 0) is 10.2 Å². The second-order valence-corrected chi connectivity index (χ2v) is 6.73. The van der Waals surface area contributed by atoms with Gasteiger partial charge in [0.25, 0.3) is 0 Å². The number of rotatable bonds is 2. The van der Waals surface area contributed by atoms with Crippen molar-refractivity contribution >= 4 is 29.1 Å². The number of carbonyl (C=O) groups is 1. The Bertz CT molecular complexity index is 512. The van der Waals surface area contributed by atoms with Gasteiger partial charge < -0.3 is 10.8 Å². The average Bonchev–Trinajstić information content (AvgIpc) is 2.93. The summed E-state index contributed by atoms with van der Waals surface area (Å²) >= 11 is 2.91. The molecule has 3 N–H and O–H groups in total. The van der Waals surface area contributed by atoms with Crippen LogP contribution in [0.3, 0.4) is 0 Å². The summed E-state index contributed by atoms with van der Waals surface area (Å²) in [5.74, 6) is -0.857. The molecular weight excluding hydrogens is 268 g/mol. The highest BCUT2D eigenvalue weighted by atomic mass is 32.2. The van der Waals surface area contributed by atoms with Crippen LogP contribution >= 0.6 is 23.1 Å². The van der Waals surface area contributed by atoms with Gasteiger partial charge in [0, 0.05) is 11.6 Å². The summed E-state index contributed by atoms with van der Waals surface area (Å²) in [7, 11) is 0. The number of nitrogens with zero attached hydrogens (tertiary/aromatic N) is 1. The van der Waals surface area contributed by atoms with E-state index in [2.05, 4.69) is 4.98 Å². The molecule has 0 fully saturated rings. The molecule has 0 saturated carbocycles. The third-order valence-electron chi connectivity index (χ3n) is 3.70. The first-order chi connectivity index (χ1) is 8.67. The van der Waals surface area contributed by atoms with Gasteiger partial charge in [-0.05, 0) is 36.2 Å². The van der Waals surface area contributed by atoms with Crippen LogP contribution in [0.1, 0.15) is 30.7 Å². The highest BCUT2D eigenvalue weighted by molar-refractivity contribution is 8.04. The first-order valence-corrected chi connectivity index (χ1v) is 7.71. The van der Waals surface area contributed by atoms with Gasteiger partial charge >= 0.3 is 5.97 Å². The molecule has 1 aliphatic carbocycles. The lowest BCUT2D eigenvalue weighted by Gasteiger charge is -2.30. The van der Waals surface area contributed by atoms with Crippen molar-refractivity contribution in [1.82, 2.24) is 4.98 Å². The second-order valence-electron chi connectivity index (χ2n) is 4.60. The molecule has 0 radical (unpaired) electrons. The van der Waals surface area contributed by atoms with E-state index in [1.165, 1.54) is 28.0 Å². The molecule has 0 spiro atoms. The SMILES string of the molecule is NC1SC2=C(CCCC2)C1(C(=O)O)c1nccs1. The third-order valence-corrected chi connectivity index (χ3v) is 5.95.